The highest BCUT2D eigenvalue weighted by molar-refractivity contribution is 6.21. The molecule has 0 saturated heterocycles. The molecule has 3 amide bonds. The Labute approximate surface area is 178 Å². The number of nitrogens with one attached hydrogen (secondary N) is 1. The summed E-state index contributed by atoms with van der Waals surface area (Å²) in [7, 11) is 0. The third kappa shape index (κ3) is 3.27. The van der Waals surface area contributed by atoms with Crippen molar-refractivity contribution in [2.45, 2.75) is 71.3 Å². The Bertz CT molecular complexity index is 870. The summed E-state index contributed by atoms with van der Waals surface area (Å²) < 4.78 is 0. The van der Waals surface area contributed by atoms with Crippen LogP contribution in [0.5, 0.6) is 0 Å². The molecule has 1 aliphatic heterocycles. The molecule has 1 N–H and O–H groups in total. The average Bonchev–Trinajstić information content (AvgIpc) is 2.91. The zero-order valence-electron chi connectivity index (χ0n) is 18.1. The van der Waals surface area contributed by atoms with Crippen LogP contribution < -0.4 is 5.32 Å². The van der Waals surface area contributed by atoms with Crippen molar-refractivity contribution >= 4 is 17.7 Å². The van der Waals surface area contributed by atoms with E-state index in [2.05, 4.69) is 12.2 Å². The van der Waals surface area contributed by atoms with E-state index in [4.69, 9.17) is 0 Å². The Morgan fingerprint density at radius 1 is 1.07 bits per heavy atom. The van der Waals surface area contributed by atoms with Gasteiger partial charge in [0.1, 0.15) is 0 Å². The summed E-state index contributed by atoms with van der Waals surface area (Å²) >= 11 is 0. The largest absolute Gasteiger partial charge is 0.353 e. The standard InChI is InChI=1S/C25H32N2O3/c1-15-5-6-20-21(8-15)24(30)27(23(20)29)7-3-4-22(28)26-16(2)25-12-17-9-18(13-25)11-19(10-17)14-25/h5-6,8,16-19H,3-4,7,9-14H2,1-2H3,(H,26,28)/t16-,17?,18?,19?,25?/m1/s1. The number of hydrogen-bond donors (Lipinski definition) is 1. The molecule has 1 aromatic rings. The molecule has 0 unspecified atom stereocenters. The van der Waals surface area contributed by atoms with E-state index in [1.807, 2.05) is 13.0 Å². The Hall–Kier alpha value is -2.17. The van der Waals surface area contributed by atoms with Gasteiger partial charge in [-0.1, -0.05) is 11.6 Å². The van der Waals surface area contributed by atoms with Crippen molar-refractivity contribution in [1.29, 1.82) is 0 Å². The van der Waals surface area contributed by atoms with Gasteiger partial charge in [-0.2, -0.15) is 0 Å². The van der Waals surface area contributed by atoms with Crippen molar-refractivity contribution in [3.05, 3.63) is 34.9 Å². The molecule has 4 fully saturated rings. The summed E-state index contributed by atoms with van der Waals surface area (Å²) in [4.78, 5) is 39.1. The first-order chi connectivity index (χ1) is 14.3. The van der Waals surface area contributed by atoms with Crippen LogP contribution in [-0.2, 0) is 4.79 Å². The van der Waals surface area contributed by atoms with Gasteiger partial charge in [-0.25, -0.2) is 0 Å². The lowest BCUT2D eigenvalue weighted by Crippen LogP contribution is -2.55. The maximum absolute atomic E-state index is 12.6. The molecule has 5 heteroatoms. The molecule has 30 heavy (non-hydrogen) atoms. The topological polar surface area (TPSA) is 66.5 Å². The van der Waals surface area contributed by atoms with E-state index < -0.39 is 0 Å². The molecule has 0 radical (unpaired) electrons. The number of benzene rings is 1. The number of amides is 3. The highest BCUT2D eigenvalue weighted by Crippen LogP contribution is 2.61. The molecular weight excluding hydrogens is 376 g/mol. The number of fused-ring (bicyclic) bond motifs is 1. The van der Waals surface area contributed by atoms with Crippen LogP contribution in [0.2, 0.25) is 0 Å². The molecule has 1 aromatic carbocycles. The summed E-state index contributed by atoms with van der Waals surface area (Å²) in [5.41, 5.74) is 2.23. The lowest BCUT2D eigenvalue weighted by atomic mass is 9.48. The molecule has 160 valence electrons. The summed E-state index contributed by atoms with van der Waals surface area (Å²) in [6.45, 7) is 4.40. The van der Waals surface area contributed by atoms with Gasteiger partial charge in [0, 0.05) is 19.0 Å². The monoisotopic (exact) mass is 408 g/mol. The van der Waals surface area contributed by atoms with Crippen molar-refractivity contribution in [1.82, 2.24) is 10.2 Å². The fraction of sp³-hybridized carbons (Fsp3) is 0.640. The van der Waals surface area contributed by atoms with Crippen LogP contribution in [0, 0.1) is 30.1 Å². The van der Waals surface area contributed by atoms with Crippen molar-refractivity contribution < 1.29 is 14.4 Å². The number of hydrogen-bond acceptors (Lipinski definition) is 3. The maximum atomic E-state index is 12.6. The quantitative estimate of drug-likeness (QED) is 0.721. The Morgan fingerprint density at radius 3 is 2.30 bits per heavy atom. The van der Waals surface area contributed by atoms with Gasteiger partial charge in [0.05, 0.1) is 11.1 Å². The number of rotatable bonds is 6. The van der Waals surface area contributed by atoms with Crippen LogP contribution >= 0.6 is 0 Å². The second-order valence-corrected chi connectivity index (χ2v) is 10.5. The van der Waals surface area contributed by atoms with Crippen molar-refractivity contribution in [2.75, 3.05) is 6.54 Å². The zero-order chi connectivity index (χ0) is 21.0. The third-order valence-corrected chi connectivity index (χ3v) is 8.29. The lowest BCUT2D eigenvalue weighted by molar-refractivity contribution is -0.126. The molecule has 1 atom stereocenters. The van der Waals surface area contributed by atoms with Gasteiger partial charge in [0.15, 0.2) is 0 Å². The average molecular weight is 409 g/mol. The van der Waals surface area contributed by atoms with Crippen LogP contribution in [-0.4, -0.2) is 35.2 Å². The predicted molar refractivity (Wildman–Crippen MR) is 114 cm³/mol. The summed E-state index contributed by atoms with van der Waals surface area (Å²) in [6, 6.07) is 5.56. The van der Waals surface area contributed by atoms with Gasteiger partial charge in [-0.3, -0.25) is 19.3 Å². The molecule has 0 spiro atoms. The van der Waals surface area contributed by atoms with Crippen molar-refractivity contribution in [2.24, 2.45) is 23.2 Å². The van der Waals surface area contributed by atoms with Crippen LogP contribution in [0.1, 0.15) is 84.6 Å². The second kappa shape index (κ2) is 7.21. The fourth-order valence-corrected chi connectivity index (χ4v) is 7.18. The van der Waals surface area contributed by atoms with E-state index in [-0.39, 0.29) is 23.8 Å². The first-order valence-corrected chi connectivity index (χ1v) is 11.6. The van der Waals surface area contributed by atoms with Gasteiger partial charge in [-0.15, -0.1) is 0 Å². The molecule has 5 aliphatic rings. The molecule has 0 aromatic heterocycles. The number of nitrogens with zero attached hydrogens (tertiary/aromatic N) is 1. The number of carbonyl (C=O) groups is 3. The lowest BCUT2D eigenvalue weighted by Gasteiger charge is -2.59. The molecule has 4 aliphatic carbocycles. The normalized spacial score (nSPS) is 32.5. The first-order valence-electron chi connectivity index (χ1n) is 11.6. The smallest absolute Gasteiger partial charge is 0.261 e. The summed E-state index contributed by atoms with van der Waals surface area (Å²) in [5, 5.41) is 3.28. The summed E-state index contributed by atoms with van der Waals surface area (Å²) in [6.07, 6.45) is 8.88. The van der Waals surface area contributed by atoms with Gasteiger partial charge < -0.3 is 5.32 Å². The fourth-order valence-electron chi connectivity index (χ4n) is 7.18. The Balaban J connectivity index is 1.14. The van der Waals surface area contributed by atoms with Crippen LogP contribution in [0.3, 0.4) is 0 Å². The van der Waals surface area contributed by atoms with E-state index in [9.17, 15) is 14.4 Å². The van der Waals surface area contributed by atoms with Crippen LogP contribution in [0.15, 0.2) is 18.2 Å². The highest BCUT2D eigenvalue weighted by atomic mass is 16.2. The maximum Gasteiger partial charge on any atom is 0.261 e. The number of aryl methyl sites for hydroxylation is 1. The molecule has 1 heterocycles. The van der Waals surface area contributed by atoms with E-state index in [0.29, 0.717) is 35.9 Å². The SMILES string of the molecule is Cc1ccc2c(c1)C(=O)N(CCCC(=O)N[C@H](C)C13CC4CC(CC(C4)C1)C3)C2=O. The molecule has 6 rings (SSSR count). The van der Waals surface area contributed by atoms with Crippen molar-refractivity contribution in [3.8, 4) is 0 Å². The zero-order valence-corrected chi connectivity index (χ0v) is 18.1. The molecule has 4 bridgehead atoms. The number of carbonyl (C=O) groups excluding carboxylic acids is 3. The van der Waals surface area contributed by atoms with Crippen molar-refractivity contribution in [3.63, 3.8) is 0 Å². The van der Waals surface area contributed by atoms with E-state index in [1.165, 1.54) is 43.4 Å². The van der Waals surface area contributed by atoms with Gasteiger partial charge >= 0.3 is 0 Å². The number of imide groups is 1. The van der Waals surface area contributed by atoms with E-state index >= 15 is 0 Å². The van der Waals surface area contributed by atoms with Crippen LogP contribution in [0.25, 0.3) is 0 Å². The van der Waals surface area contributed by atoms with Crippen LogP contribution in [0.4, 0.5) is 0 Å². The first kappa shape index (κ1) is 19.8. The third-order valence-electron chi connectivity index (χ3n) is 8.29. The minimum absolute atomic E-state index is 0.0469. The predicted octanol–water partition coefficient (Wildman–Crippen LogP) is 4.09. The Morgan fingerprint density at radius 2 is 1.67 bits per heavy atom. The molecule has 4 saturated carbocycles. The second-order valence-electron chi connectivity index (χ2n) is 10.5. The minimum atomic E-state index is -0.239. The van der Waals surface area contributed by atoms with Gasteiger partial charge in [0.25, 0.3) is 11.8 Å². The van der Waals surface area contributed by atoms with Gasteiger partial charge in [0.2, 0.25) is 5.91 Å². The van der Waals surface area contributed by atoms with E-state index in [1.54, 1.807) is 12.1 Å². The minimum Gasteiger partial charge on any atom is -0.353 e. The molecule has 5 nitrogen and oxygen atoms in total. The Kier molecular flexibility index (Phi) is 4.75. The van der Waals surface area contributed by atoms with Gasteiger partial charge in [-0.05, 0) is 94.1 Å². The molecular formula is C25H32N2O3. The van der Waals surface area contributed by atoms with E-state index in [0.717, 1.165) is 23.3 Å². The summed E-state index contributed by atoms with van der Waals surface area (Å²) in [5.74, 6) is 2.18. The highest BCUT2D eigenvalue weighted by Gasteiger charge is 2.53.